The molecule has 0 atom stereocenters. The number of para-hydroxylation sites is 1. The zero-order valence-corrected chi connectivity index (χ0v) is 14.8. The second kappa shape index (κ2) is 6.40. The normalized spacial score (nSPS) is 13.8. The first kappa shape index (κ1) is 16.7. The lowest BCUT2D eigenvalue weighted by atomic mass is 10.1. The van der Waals surface area contributed by atoms with E-state index in [4.69, 9.17) is 0 Å². The van der Waals surface area contributed by atoms with E-state index in [0.717, 1.165) is 34.4 Å². The van der Waals surface area contributed by atoms with Crippen LogP contribution in [-0.2, 0) is 26.8 Å². The van der Waals surface area contributed by atoms with Gasteiger partial charge in [0.1, 0.15) is 5.75 Å². The van der Waals surface area contributed by atoms with Gasteiger partial charge in [-0.05, 0) is 37.5 Å². The molecule has 1 amide bonds. The Morgan fingerprint density at radius 3 is 2.46 bits per heavy atom. The number of aryl methyl sites for hydroxylation is 2. The third-order valence-corrected chi connectivity index (χ3v) is 5.66. The van der Waals surface area contributed by atoms with Crippen LogP contribution in [-0.4, -0.2) is 26.6 Å². The number of hydrogen-bond donors (Lipinski definition) is 0. The average molecular weight is 343 g/mol. The largest absolute Gasteiger partial charge is 0.311 e. The Hall–Kier alpha value is -2.14. The number of amides is 1. The minimum Gasteiger partial charge on any atom is -0.311 e. The Morgan fingerprint density at radius 2 is 1.75 bits per heavy atom. The smallest absolute Gasteiger partial charge is 0.242 e. The second-order valence-electron chi connectivity index (χ2n) is 6.45. The van der Waals surface area contributed by atoms with Crippen LogP contribution < -0.4 is 4.90 Å². The number of nitrogens with zero attached hydrogens (tertiary/aromatic N) is 1. The van der Waals surface area contributed by atoms with Gasteiger partial charge in [-0.2, -0.15) is 0 Å². The van der Waals surface area contributed by atoms with E-state index >= 15 is 0 Å². The topological polar surface area (TPSA) is 54.5 Å². The van der Waals surface area contributed by atoms with Crippen LogP contribution >= 0.6 is 0 Å². The maximum atomic E-state index is 12.5. The van der Waals surface area contributed by atoms with Crippen LogP contribution in [0.3, 0.4) is 0 Å². The number of carbonyl (C=O) groups is 1. The summed E-state index contributed by atoms with van der Waals surface area (Å²) in [5.74, 6) is -0.894. The summed E-state index contributed by atoms with van der Waals surface area (Å²) in [7, 11) is -3.50. The predicted molar refractivity (Wildman–Crippen MR) is 95.9 cm³/mol. The molecule has 0 spiro atoms. The Kier molecular flexibility index (Phi) is 4.45. The molecule has 2 aromatic rings. The number of rotatable bonds is 4. The molecule has 1 heterocycles. The monoisotopic (exact) mass is 343 g/mol. The molecule has 0 aliphatic carbocycles. The number of hydrogen-bond acceptors (Lipinski definition) is 3. The predicted octanol–water partition coefficient (Wildman–Crippen LogP) is 2.81. The van der Waals surface area contributed by atoms with Gasteiger partial charge in [0.2, 0.25) is 5.91 Å². The molecular formula is C19H21NO3S. The fourth-order valence-corrected chi connectivity index (χ4v) is 4.63. The lowest BCUT2D eigenvalue weighted by Gasteiger charge is -2.17. The molecule has 0 aromatic heterocycles. The quantitative estimate of drug-likeness (QED) is 0.858. The zero-order chi connectivity index (χ0) is 17.3. The molecule has 0 radical (unpaired) electrons. The highest BCUT2D eigenvalue weighted by Crippen LogP contribution is 2.27. The van der Waals surface area contributed by atoms with Gasteiger partial charge in [-0.15, -0.1) is 0 Å². The summed E-state index contributed by atoms with van der Waals surface area (Å²) in [6.45, 7) is 4.43. The maximum absolute atomic E-state index is 12.5. The van der Waals surface area contributed by atoms with Crippen molar-refractivity contribution in [2.24, 2.45) is 0 Å². The minimum absolute atomic E-state index is 0.100. The van der Waals surface area contributed by atoms with Crippen molar-refractivity contribution in [3.8, 4) is 0 Å². The molecule has 4 nitrogen and oxygen atoms in total. The molecule has 1 aliphatic heterocycles. The van der Waals surface area contributed by atoms with Gasteiger partial charge in [-0.25, -0.2) is 8.42 Å². The van der Waals surface area contributed by atoms with E-state index in [1.54, 1.807) is 4.90 Å². The highest BCUT2D eigenvalue weighted by molar-refractivity contribution is 7.91. The molecule has 0 unspecified atom stereocenters. The van der Waals surface area contributed by atoms with E-state index in [1.165, 1.54) is 0 Å². The summed E-state index contributed by atoms with van der Waals surface area (Å²) >= 11 is 0. The van der Waals surface area contributed by atoms with E-state index < -0.39 is 15.6 Å². The van der Waals surface area contributed by atoms with Crippen molar-refractivity contribution in [3.05, 3.63) is 64.7 Å². The van der Waals surface area contributed by atoms with Crippen LogP contribution in [0.5, 0.6) is 0 Å². The molecule has 0 saturated carbocycles. The third-order valence-electron chi connectivity index (χ3n) is 4.20. The fraction of sp³-hybridized carbons (Fsp3) is 0.316. The Morgan fingerprint density at radius 1 is 1.08 bits per heavy atom. The molecule has 0 fully saturated rings. The standard InChI is InChI=1S/C19H21NO3S/c1-14-9-15(2)11-16(10-14)12-24(22,23)13-19(21)20-8-7-17-5-3-4-6-18(17)20/h3-6,9-11H,7-8,12-13H2,1-2H3. The van der Waals surface area contributed by atoms with E-state index in [9.17, 15) is 13.2 Å². The first-order valence-corrected chi connectivity index (χ1v) is 9.82. The molecule has 5 heteroatoms. The van der Waals surface area contributed by atoms with Crippen LogP contribution in [0.4, 0.5) is 5.69 Å². The highest BCUT2D eigenvalue weighted by Gasteiger charge is 2.28. The van der Waals surface area contributed by atoms with Crippen molar-refractivity contribution in [3.63, 3.8) is 0 Å². The Labute approximate surface area is 143 Å². The summed E-state index contributed by atoms with van der Waals surface area (Å²) in [6.07, 6.45) is 0.777. The van der Waals surface area contributed by atoms with E-state index in [0.29, 0.717) is 6.54 Å². The Bertz CT molecular complexity index is 867. The van der Waals surface area contributed by atoms with Gasteiger partial charge in [-0.1, -0.05) is 47.5 Å². The van der Waals surface area contributed by atoms with Crippen molar-refractivity contribution in [2.45, 2.75) is 26.0 Å². The van der Waals surface area contributed by atoms with Crippen molar-refractivity contribution in [1.82, 2.24) is 0 Å². The fourth-order valence-electron chi connectivity index (χ4n) is 3.32. The van der Waals surface area contributed by atoms with Crippen molar-refractivity contribution >= 4 is 21.4 Å². The van der Waals surface area contributed by atoms with Crippen molar-refractivity contribution in [1.29, 1.82) is 0 Å². The van der Waals surface area contributed by atoms with E-state index in [1.807, 2.05) is 56.3 Å². The van der Waals surface area contributed by atoms with Gasteiger partial charge in [-0.3, -0.25) is 4.79 Å². The minimum atomic E-state index is -3.50. The van der Waals surface area contributed by atoms with Crippen LogP contribution in [0.1, 0.15) is 22.3 Å². The maximum Gasteiger partial charge on any atom is 0.242 e. The van der Waals surface area contributed by atoms with Crippen LogP contribution in [0.15, 0.2) is 42.5 Å². The van der Waals surface area contributed by atoms with Gasteiger partial charge in [0.25, 0.3) is 0 Å². The first-order valence-electron chi connectivity index (χ1n) is 8.00. The molecule has 0 bridgehead atoms. The van der Waals surface area contributed by atoms with Crippen LogP contribution in [0, 0.1) is 13.8 Å². The highest BCUT2D eigenvalue weighted by atomic mass is 32.2. The van der Waals surface area contributed by atoms with Crippen LogP contribution in [0.25, 0.3) is 0 Å². The summed E-state index contributed by atoms with van der Waals surface area (Å²) in [5.41, 5.74) is 4.73. The van der Waals surface area contributed by atoms with Gasteiger partial charge < -0.3 is 4.90 Å². The van der Waals surface area contributed by atoms with Gasteiger partial charge >= 0.3 is 0 Å². The number of carbonyl (C=O) groups excluding carboxylic acids is 1. The summed E-state index contributed by atoms with van der Waals surface area (Å²) < 4.78 is 24.9. The first-order chi connectivity index (χ1) is 11.3. The lowest BCUT2D eigenvalue weighted by molar-refractivity contribution is -0.116. The third kappa shape index (κ3) is 3.67. The van der Waals surface area contributed by atoms with Crippen molar-refractivity contribution < 1.29 is 13.2 Å². The summed E-state index contributed by atoms with van der Waals surface area (Å²) in [6, 6.07) is 13.4. The number of sulfone groups is 1. The average Bonchev–Trinajstić information content (AvgIpc) is 2.88. The zero-order valence-electron chi connectivity index (χ0n) is 14.0. The molecule has 0 N–H and O–H groups in total. The molecule has 2 aromatic carbocycles. The van der Waals surface area contributed by atoms with Crippen LogP contribution in [0.2, 0.25) is 0 Å². The number of anilines is 1. The Balaban J connectivity index is 1.74. The molecule has 3 rings (SSSR count). The summed E-state index contributed by atoms with van der Waals surface area (Å²) in [5, 5.41) is 0. The van der Waals surface area contributed by atoms with Gasteiger partial charge in [0, 0.05) is 12.2 Å². The molecular weight excluding hydrogens is 322 g/mol. The van der Waals surface area contributed by atoms with Gasteiger partial charge in [0.15, 0.2) is 9.84 Å². The molecule has 24 heavy (non-hydrogen) atoms. The van der Waals surface area contributed by atoms with E-state index in [2.05, 4.69) is 0 Å². The number of fused-ring (bicyclic) bond motifs is 1. The van der Waals surface area contributed by atoms with E-state index in [-0.39, 0.29) is 11.7 Å². The number of benzene rings is 2. The second-order valence-corrected chi connectivity index (χ2v) is 8.52. The molecule has 126 valence electrons. The molecule has 1 aliphatic rings. The molecule has 0 saturated heterocycles. The van der Waals surface area contributed by atoms with Crippen molar-refractivity contribution in [2.75, 3.05) is 17.2 Å². The lowest BCUT2D eigenvalue weighted by Crippen LogP contribution is -2.34. The SMILES string of the molecule is Cc1cc(C)cc(CS(=O)(=O)CC(=O)N2CCc3ccccc32)c1. The van der Waals surface area contributed by atoms with Gasteiger partial charge in [0.05, 0.1) is 5.75 Å². The summed E-state index contributed by atoms with van der Waals surface area (Å²) in [4.78, 5) is 14.1.